The molecule has 0 saturated carbocycles. The van der Waals surface area contributed by atoms with E-state index in [1.807, 2.05) is 0 Å². The van der Waals surface area contributed by atoms with Crippen LogP contribution in [0.4, 0.5) is 34.1 Å². The molecular formula is C76H78BN3O. The predicted molar refractivity (Wildman–Crippen MR) is 350 cm³/mol. The highest BCUT2D eigenvalue weighted by atomic mass is 16.3. The van der Waals surface area contributed by atoms with Crippen LogP contribution < -0.4 is 26.2 Å². The molecule has 0 N–H and O–H groups in total. The summed E-state index contributed by atoms with van der Waals surface area (Å²) in [5, 5.41) is 4.88. The smallest absolute Gasteiger partial charge is 0.252 e. The third-order valence-corrected chi connectivity index (χ3v) is 18.6. The first kappa shape index (κ1) is 52.6. The first-order chi connectivity index (χ1) is 38.3. The Hall–Kier alpha value is -7.76. The van der Waals surface area contributed by atoms with Crippen molar-refractivity contribution in [1.82, 2.24) is 4.57 Å². The van der Waals surface area contributed by atoms with Crippen LogP contribution in [-0.4, -0.2) is 11.3 Å². The van der Waals surface area contributed by atoms with Crippen LogP contribution in [0.1, 0.15) is 144 Å². The van der Waals surface area contributed by atoms with Crippen LogP contribution in [0.5, 0.6) is 0 Å². The Kier molecular flexibility index (Phi) is 11.8. The number of benzene rings is 9. The van der Waals surface area contributed by atoms with Crippen molar-refractivity contribution in [2.45, 2.75) is 144 Å². The molecule has 11 aromatic rings. The van der Waals surface area contributed by atoms with Gasteiger partial charge in [0.2, 0.25) is 0 Å². The summed E-state index contributed by atoms with van der Waals surface area (Å²) < 4.78 is 8.92. The molecule has 0 aliphatic carbocycles. The minimum absolute atomic E-state index is 0.0206. The normalized spacial score (nSPS) is 13.9. The molecule has 2 aliphatic rings. The van der Waals surface area contributed by atoms with Gasteiger partial charge in [-0.3, -0.25) is 0 Å². The molecule has 2 aromatic heterocycles. The highest BCUT2D eigenvalue weighted by molar-refractivity contribution is 7.00. The van der Waals surface area contributed by atoms with Crippen LogP contribution in [0.25, 0.3) is 60.6 Å². The van der Waals surface area contributed by atoms with Crippen molar-refractivity contribution in [2.24, 2.45) is 0 Å². The van der Waals surface area contributed by atoms with E-state index < -0.39 is 0 Å². The van der Waals surface area contributed by atoms with Crippen molar-refractivity contribution < 1.29 is 4.42 Å². The molecule has 0 unspecified atom stereocenters. The molecule has 9 aromatic carbocycles. The minimum Gasteiger partial charge on any atom is -0.456 e. The number of fused-ring (bicyclic) bond motifs is 10. The fraction of sp³-hybridized carbons (Fsp3) is 0.289. The molecule has 0 saturated heterocycles. The lowest BCUT2D eigenvalue weighted by Crippen LogP contribution is -2.61. The average Bonchev–Trinajstić information content (AvgIpc) is 3.84. The van der Waals surface area contributed by atoms with Gasteiger partial charge >= 0.3 is 0 Å². The van der Waals surface area contributed by atoms with Crippen molar-refractivity contribution in [3.8, 4) is 16.8 Å². The fourth-order valence-corrected chi connectivity index (χ4v) is 13.2. The molecule has 4 nitrogen and oxygen atoms in total. The standard InChI is InChI=1S/C76H78BN3O/c1-17-76(15,16)49-26-34-54(35-27-49)78-62-37-28-50(73(6,7)8)40-58(62)59-44-61-65(45-64(59)78)80(53-30-22-47(23-31-53)56-36-39-69-70(46(56)2)57-20-18-19-21-68(57)81-69)67-43-52(75(12,13)14)42-66-71(67)77(61)60-41-51(74(9,10)11)29-38-63(60)79(66)55-32-24-48(25-33-55)72(3,4)5/h18-45H,17H2,1-16H3. The molecule has 0 spiro atoms. The lowest BCUT2D eigenvalue weighted by molar-refractivity contribution is 0.506. The molecule has 0 atom stereocenters. The summed E-state index contributed by atoms with van der Waals surface area (Å²) in [4.78, 5) is 5.21. The fourth-order valence-electron chi connectivity index (χ4n) is 13.2. The molecule has 406 valence electrons. The maximum absolute atomic E-state index is 6.37. The molecule has 0 bridgehead atoms. The predicted octanol–water partition coefficient (Wildman–Crippen LogP) is 19.6. The van der Waals surface area contributed by atoms with E-state index in [4.69, 9.17) is 4.42 Å². The van der Waals surface area contributed by atoms with Gasteiger partial charge in [0.15, 0.2) is 0 Å². The number of nitrogens with zero attached hydrogens (tertiary/aromatic N) is 3. The Morgan fingerprint density at radius 1 is 0.407 bits per heavy atom. The molecule has 0 radical (unpaired) electrons. The lowest BCUT2D eigenvalue weighted by Gasteiger charge is -2.45. The zero-order chi connectivity index (χ0) is 57.0. The van der Waals surface area contributed by atoms with E-state index in [0.717, 1.165) is 28.7 Å². The quantitative estimate of drug-likeness (QED) is 0.155. The Labute approximate surface area is 481 Å². The van der Waals surface area contributed by atoms with E-state index in [1.54, 1.807) is 0 Å². The number of anilines is 6. The van der Waals surface area contributed by atoms with E-state index in [9.17, 15) is 0 Å². The Bertz CT molecular complexity index is 4330. The second-order valence-electron chi connectivity index (χ2n) is 28.4. The molecule has 0 fully saturated rings. The van der Waals surface area contributed by atoms with Gasteiger partial charge in [-0.2, -0.15) is 0 Å². The molecule has 5 heteroatoms. The second-order valence-corrected chi connectivity index (χ2v) is 28.4. The van der Waals surface area contributed by atoms with Crippen LogP contribution in [0.15, 0.2) is 174 Å². The molecular weight excluding hydrogens is 982 g/mol. The van der Waals surface area contributed by atoms with E-state index in [1.165, 1.54) is 122 Å². The third kappa shape index (κ3) is 8.46. The van der Waals surface area contributed by atoms with E-state index >= 15 is 0 Å². The van der Waals surface area contributed by atoms with Crippen molar-refractivity contribution in [3.63, 3.8) is 0 Å². The summed E-state index contributed by atoms with van der Waals surface area (Å²) in [6.07, 6.45) is 1.07. The monoisotopic (exact) mass is 1060 g/mol. The Morgan fingerprint density at radius 3 is 1.57 bits per heavy atom. The molecule has 4 heterocycles. The van der Waals surface area contributed by atoms with Gasteiger partial charge in [0.05, 0.1) is 11.0 Å². The molecule has 2 aliphatic heterocycles. The summed E-state index contributed by atoms with van der Waals surface area (Å²) in [6, 6.07) is 65.9. The van der Waals surface area contributed by atoms with Crippen molar-refractivity contribution >= 4 is 101 Å². The van der Waals surface area contributed by atoms with Crippen molar-refractivity contribution in [1.29, 1.82) is 0 Å². The molecule has 0 amide bonds. The zero-order valence-corrected chi connectivity index (χ0v) is 50.7. The molecule has 81 heavy (non-hydrogen) atoms. The topological polar surface area (TPSA) is 24.6 Å². The van der Waals surface area contributed by atoms with E-state index in [2.05, 4.69) is 295 Å². The number of aryl methyl sites for hydroxylation is 1. The summed E-state index contributed by atoms with van der Waals surface area (Å²) in [5.41, 5.74) is 26.6. The number of hydrogen-bond acceptors (Lipinski definition) is 3. The number of para-hydroxylation sites is 1. The number of aromatic nitrogens is 1. The van der Waals surface area contributed by atoms with Gasteiger partial charge in [0.25, 0.3) is 6.71 Å². The maximum atomic E-state index is 6.37. The minimum atomic E-state index is -0.165. The van der Waals surface area contributed by atoms with Crippen LogP contribution in [0.2, 0.25) is 0 Å². The van der Waals surface area contributed by atoms with Gasteiger partial charge in [-0.25, -0.2) is 0 Å². The summed E-state index contributed by atoms with van der Waals surface area (Å²) in [7, 11) is 0. The van der Waals surface area contributed by atoms with Gasteiger partial charge in [-0.15, -0.1) is 0 Å². The highest BCUT2D eigenvalue weighted by Gasteiger charge is 2.45. The summed E-state index contributed by atoms with van der Waals surface area (Å²) in [6.45, 7) is 37.3. The summed E-state index contributed by atoms with van der Waals surface area (Å²) in [5.74, 6) is 0. The Balaban J connectivity index is 1.13. The van der Waals surface area contributed by atoms with Crippen LogP contribution in [0, 0.1) is 6.92 Å². The van der Waals surface area contributed by atoms with Crippen molar-refractivity contribution in [3.05, 3.63) is 203 Å². The average molecular weight is 1060 g/mol. The van der Waals surface area contributed by atoms with Crippen LogP contribution in [-0.2, 0) is 27.1 Å². The highest BCUT2D eigenvalue weighted by Crippen LogP contribution is 2.49. The van der Waals surface area contributed by atoms with Gasteiger partial charge in [-0.1, -0.05) is 189 Å². The number of rotatable bonds is 6. The molecule has 13 rings (SSSR count). The zero-order valence-electron chi connectivity index (χ0n) is 50.7. The van der Waals surface area contributed by atoms with E-state index in [0.29, 0.717) is 0 Å². The maximum Gasteiger partial charge on any atom is 0.252 e. The van der Waals surface area contributed by atoms with E-state index in [-0.39, 0.29) is 33.8 Å². The second kappa shape index (κ2) is 18.1. The van der Waals surface area contributed by atoms with Gasteiger partial charge in [0.1, 0.15) is 11.2 Å². The third-order valence-electron chi connectivity index (χ3n) is 18.6. The van der Waals surface area contributed by atoms with Crippen molar-refractivity contribution in [2.75, 3.05) is 9.80 Å². The number of hydrogen-bond donors (Lipinski definition) is 0. The number of furan rings is 1. The SMILES string of the molecule is CCC(C)(C)c1ccc(-n2c3ccc(C(C)(C)C)cc3c3cc4c(cc32)N(c2ccc(-c3ccc5oc6ccccc6c5c3C)cc2)c2cc(C(C)(C)C)cc3c2B4c2cc(C(C)(C)C)ccc2N3c2ccc(C(C)(C)C)cc2)cc1. The van der Waals surface area contributed by atoms with Crippen LogP contribution in [0.3, 0.4) is 0 Å². The van der Waals surface area contributed by atoms with Gasteiger partial charge in [-0.05, 0) is 186 Å². The first-order valence-corrected chi connectivity index (χ1v) is 29.6. The van der Waals surface area contributed by atoms with Crippen LogP contribution >= 0.6 is 0 Å². The van der Waals surface area contributed by atoms with Gasteiger partial charge in [0, 0.05) is 61.4 Å². The summed E-state index contributed by atoms with van der Waals surface area (Å²) >= 11 is 0. The Morgan fingerprint density at radius 2 is 0.938 bits per heavy atom. The largest absolute Gasteiger partial charge is 0.456 e. The van der Waals surface area contributed by atoms with Gasteiger partial charge < -0.3 is 18.8 Å². The lowest BCUT2D eigenvalue weighted by atomic mass is 9.33. The first-order valence-electron chi connectivity index (χ1n) is 29.6.